The van der Waals surface area contributed by atoms with Crippen molar-refractivity contribution in [2.24, 2.45) is 0 Å². The summed E-state index contributed by atoms with van der Waals surface area (Å²) in [6.45, 7) is 0. The summed E-state index contributed by atoms with van der Waals surface area (Å²) >= 11 is 2.02. The standard InChI is InChI=1S/CO3S4.Na/c2-1-3-5-7-8-6-4-1;. The van der Waals surface area contributed by atoms with Crippen LogP contribution in [0.25, 0.3) is 0 Å². The van der Waals surface area contributed by atoms with Gasteiger partial charge in [-0.25, -0.2) is 4.79 Å². The first-order chi connectivity index (χ1) is 3.89. The van der Waals surface area contributed by atoms with Crippen molar-refractivity contribution in [1.29, 1.82) is 0 Å². The van der Waals surface area contributed by atoms with E-state index in [4.69, 9.17) is 0 Å². The van der Waals surface area contributed by atoms with Crippen LogP contribution in [0.2, 0.25) is 0 Å². The SMILES string of the molecule is O=C1OSSSSO1.[Na]. The largest absolute Gasteiger partial charge is 0.534 e. The molecule has 8 heteroatoms. The van der Waals surface area contributed by atoms with Gasteiger partial charge in [-0.2, -0.15) is 0 Å². The molecule has 0 aromatic rings. The Morgan fingerprint density at radius 1 is 1.11 bits per heavy atom. The third kappa shape index (κ3) is 5.00. The topological polar surface area (TPSA) is 35.5 Å². The van der Waals surface area contributed by atoms with Gasteiger partial charge in [0.15, 0.2) is 0 Å². The van der Waals surface area contributed by atoms with Crippen molar-refractivity contribution in [3.05, 3.63) is 0 Å². The van der Waals surface area contributed by atoms with Gasteiger partial charge >= 0.3 is 6.16 Å². The van der Waals surface area contributed by atoms with Crippen LogP contribution in [0.15, 0.2) is 0 Å². The van der Waals surface area contributed by atoms with Crippen LogP contribution in [-0.4, -0.2) is 35.7 Å². The predicted octanol–water partition coefficient (Wildman–Crippen LogP) is 2.28. The van der Waals surface area contributed by atoms with E-state index in [1.807, 2.05) is 0 Å². The van der Waals surface area contributed by atoms with Gasteiger partial charge in [0.2, 0.25) is 0 Å². The van der Waals surface area contributed by atoms with Gasteiger partial charge in [0.1, 0.15) is 22.1 Å². The van der Waals surface area contributed by atoms with Crippen molar-refractivity contribution in [3.63, 3.8) is 0 Å². The van der Waals surface area contributed by atoms with Gasteiger partial charge in [-0.3, -0.25) is 0 Å². The number of hydrogen-bond acceptors (Lipinski definition) is 7. The van der Waals surface area contributed by atoms with Crippen LogP contribution in [0.3, 0.4) is 0 Å². The van der Waals surface area contributed by atoms with Crippen LogP contribution in [-0.2, 0) is 8.37 Å². The maximum Gasteiger partial charge on any atom is 0.534 e. The zero-order chi connectivity index (χ0) is 5.82. The van der Waals surface area contributed by atoms with E-state index in [-0.39, 0.29) is 29.6 Å². The molecular formula is CNaO3S4. The fourth-order valence-electron chi connectivity index (χ4n) is 0.120. The van der Waals surface area contributed by atoms with Gasteiger partial charge in [0.25, 0.3) is 0 Å². The summed E-state index contributed by atoms with van der Waals surface area (Å²) in [6.07, 6.45) is -0.641. The molecule has 0 aromatic heterocycles. The summed E-state index contributed by atoms with van der Waals surface area (Å²) in [5.41, 5.74) is 0. The second-order valence-corrected chi connectivity index (χ2v) is 5.65. The minimum absolute atomic E-state index is 0. The molecule has 1 fully saturated rings. The van der Waals surface area contributed by atoms with Crippen LogP contribution in [0.1, 0.15) is 0 Å². The molecule has 0 N–H and O–H groups in total. The van der Waals surface area contributed by atoms with Crippen molar-refractivity contribution in [1.82, 2.24) is 0 Å². The average molecular weight is 211 g/mol. The first-order valence-electron chi connectivity index (χ1n) is 1.45. The van der Waals surface area contributed by atoms with Gasteiger partial charge in [0.05, 0.1) is 0 Å². The second kappa shape index (κ2) is 6.38. The molecule has 0 amide bonds. The maximum atomic E-state index is 10.2. The average Bonchev–Trinajstić information content (AvgIpc) is 1.94. The fourth-order valence-corrected chi connectivity index (χ4v) is 3.21. The number of hydrogen-bond donors (Lipinski definition) is 0. The smallest absolute Gasteiger partial charge is 0.346 e. The van der Waals surface area contributed by atoms with Crippen LogP contribution in [0.4, 0.5) is 4.79 Å². The zero-order valence-corrected chi connectivity index (χ0v) is 9.62. The van der Waals surface area contributed by atoms with Crippen LogP contribution < -0.4 is 0 Å². The van der Waals surface area contributed by atoms with Gasteiger partial charge in [-0.1, -0.05) is 0 Å². The summed E-state index contributed by atoms with van der Waals surface area (Å²) in [5, 5.41) is 0. The molecule has 0 atom stereocenters. The second-order valence-electron chi connectivity index (χ2n) is 0.689. The summed E-state index contributed by atoms with van der Waals surface area (Å²) in [4.78, 5) is 10.2. The quantitative estimate of drug-likeness (QED) is 0.345. The van der Waals surface area contributed by atoms with E-state index in [0.717, 1.165) is 22.1 Å². The molecule has 9 heavy (non-hydrogen) atoms. The Morgan fingerprint density at radius 2 is 1.56 bits per heavy atom. The van der Waals surface area contributed by atoms with Gasteiger partial charge in [-0.05, 0) is 0 Å². The molecular weight excluding hydrogens is 211 g/mol. The summed E-state index contributed by atoms with van der Waals surface area (Å²) in [6, 6.07) is 0. The molecule has 0 aliphatic carbocycles. The first kappa shape index (κ1) is 10.7. The van der Waals surface area contributed by atoms with Crippen LogP contribution in [0.5, 0.6) is 0 Å². The van der Waals surface area contributed by atoms with Gasteiger partial charge < -0.3 is 8.37 Å². The third-order valence-corrected chi connectivity index (χ3v) is 4.77. The molecule has 1 saturated heterocycles. The zero-order valence-electron chi connectivity index (χ0n) is 4.36. The Bertz CT molecular complexity index is 87.8. The Hall–Kier alpha value is 1.67. The first-order valence-corrected chi connectivity index (χ1v) is 6.11. The Morgan fingerprint density at radius 3 is 2.00 bits per heavy atom. The fraction of sp³-hybridized carbons (Fsp3) is 0. The van der Waals surface area contributed by atoms with Crippen LogP contribution in [0, 0.1) is 0 Å². The Labute approximate surface area is 89.6 Å². The number of carbonyl (C=O) groups excluding carboxylic acids is 1. The Kier molecular flexibility index (Phi) is 7.57. The van der Waals surface area contributed by atoms with Crippen molar-refractivity contribution in [3.8, 4) is 0 Å². The molecule has 1 heterocycles. The van der Waals surface area contributed by atoms with E-state index in [9.17, 15) is 4.79 Å². The third-order valence-electron chi connectivity index (χ3n) is 0.287. The molecule has 1 aliphatic heterocycles. The van der Waals surface area contributed by atoms with Crippen LogP contribution >= 0.6 is 41.8 Å². The van der Waals surface area contributed by atoms with Crippen molar-refractivity contribution < 1.29 is 13.2 Å². The molecule has 1 aliphatic rings. The number of rotatable bonds is 0. The molecule has 0 bridgehead atoms. The van der Waals surface area contributed by atoms with E-state index >= 15 is 0 Å². The monoisotopic (exact) mass is 211 g/mol. The van der Waals surface area contributed by atoms with Crippen molar-refractivity contribution in [2.75, 3.05) is 0 Å². The molecule has 0 aromatic carbocycles. The van der Waals surface area contributed by atoms with E-state index in [0.29, 0.717) is 0 Å². The summed E-state index contributed by atoms with van der Waals surface area (Å²) in [7, 11) is 2.70. The van der Waals surface area contributed by atoms with Gasteiger partial charge in [-0.15, -0.1) is 0 Å². The number of carbonyl (C=O) groups is 1. The molecule has 0 spiro atoms. The molecule has 47 valence electrons. The predicted molar refractivity (Wildman–Crippen MR) is 43.7 cm³/mol. The molecule has 3 nitrogen and oxygen atoms in total. The Balaban J connectivity index is 0.000000640. The van der Waals surface area contributed by atoms with Crippen molar-refractivity contribution >= 4 is 77.5 Å². The molecule has 0 saturated carbocycles. The minimum atomic E-state index is -0.641. The summed E-state index contributed by atoms with van der Waals surface area (Å²) < 4.78 is 8.76. The molecule has 0 unspecified atom stereocenters. The van der Waals surface area contributed by atoms with E-state index in [1.54, 1.807) is 0 Å². The molecule has 1 rings (SSSR count). The minimum Gasteiger partial charge on any atom is -0.346 e. The summed E-state index contributed by atoms with van der Waals surface area (Å²) in [5.74, 6) is 0. The molecule has 1 radical (unpaired) electrons. The van der Waals surface area contributed by atoms with E-state index in [2.05, 4.69) is 8.37 Å². The van der Waals surface area contributed by atoms with Gasteiger partial charge in [0, 0.05) is 49.2 Å². The van der Waals surface area contributed by atoms with E-state index in [1.165, 1.54) is 19.7 Å². The normalized spacial score (nSPS) is 18.4. The maximum absolute atomic E-state index is 10.2. The van der Waals surface area contributed by atoms with E-state index < -0.39 is 6.16 Å². The van der Waals surface area contributed by atoms with Crippen molar-refractivity contribution in [2.45, 2.75) is 0 Å².